The van der Waals surface area contributed by atoms with Crippen LogP contribution < -0.4 is 16.8 Å². The molecule has 1 saturated heterocycles. The van der Waals surface area contributed by atoms with E-state index in [9.17, 15) is 24.3 Å². The fourth-order valence-electron chi connectivity index (χ4n) is 2.87. The molecule has 0 aliphatic carbocycles. The highest BCUT2D eigenvalue weighted by molar-refractivity contribution is 5.92. The second-order valence-electron chi connectivity index (χ2n) is 6.51. The van der Waals surface area contributed by atoms with E-state index in [1.165, 1.54) is 4.90 Å². The minimum atomic E-state index is -1.10. The number of rotatable bonds is 9. The average molecular weight is 356 g/mol. The zero-order chi connectivity index (χ0) is 19.1. The first-order chi connectivity index (χ1) is 11.7. The van der Waals surface area contributed by atoms with Gasteiger partial charge >= 0.3 is 5.97 Å². The molecule has 1 heterocycles. The van der Waals surface area contributed by atoms with Crippen molar-refractivity contribution in [3.05, 3.63) is 0 Å². The van der Waals surface area contributed by atoms with Crippen LogP contribution in [0, 0.1) is 5.92 Å². The highest BCUT2D eigenvalue weighted by Gasteiger charge is 2.38. The quantitative estimate of drug-likeness (QED) is 0.423. The lowest BCUT2D eigenvalue weighted by molar-refractivity contribution is -0.145. The second kappa shape index (κ2) is 9.36. The van der Waals surface area contributed by atoms with Gasteiger partial charge in [0.05, 0.1) is 6.04 Å². The summed E-state index contributed by atoms with van der Waals surface area (Å²) in [6.45, 7) is 3.97. The van der Waals surface area contributed by atoms with Gasteiger partial charge in [-0.15, -0.1) is 0 Å². The van der Waals surface area contributed by atoms with Gasteiger partial charge in [-0.05, 0) is 25.2 Å². The molecule has 6 N–H and O–H groups in total. The van der Waals surface area contributed by atoms with Crippen LogP contribution in [0.4, 0.5) is 0 Å². The lowest BCUT2D eigenvalue weighted by atomic mass is 9.98. The van der Waals surface area contributed by atoms with Crippen molar-refractivity contribution in [3.8, 4) is 0 Å². The monoisotopic (exact) mass is 356 g/mol. The molecular formula is C16H28N4O5. The summed E-state index contributed by atoms with van der Waals surface area (Å²) in [4.78, 5) is 48.5. The predicted molar refractivity (Wildman–Crippen MR) is 90.2 cm³/mol. The van der Waals surface area contributed by atoms with Crippen LogP contribution in [0.5, 0.6) is 0 Å². The normalized spacial score (nSPS) is 20.6. The molecule has 0 radical (unpaired) electrons. The van der Waals surface area contributed by atoms with Gasteiger partial charge in [0, 0.05) is 13.0 Å². The number of hydrogen-bond donors (Lipinski definition) is 4. The number of hydrogen-bond acceptors (Lipinski definition) is 5. The van der Waals surface area contributed by atoms with E-state index in [1.54, 1.807) is 6.92 Å². The third-order valence-electron chi connectivity index (χ3n) is 4.63. The largest absolute Gasteiger partial charge is 0.480 e. The molecule has 0 saturated carbocycles. The molecule has 0 bridgehead atoms. The lowest BCUT2D eigenvalue weighted by Crippen LogP contribution is -2.55. The number of amides is 3. The summed E-state index contributed by atoms with van der Waals surface area (Å²) < 4.78 is 0. The first kappa shape index (κ1) is 20.9. The number of likely N-dealkylation sites (tertiary alicyclic amines) is 1. The van der Waals surface area contributed by atoms with Crippen molar-refractivity contribution in [1.82, 2.24) is 10.2 Å². The van der Waals surface area contributed by atoms with Gasteiger partial charge in [0.1, 0.15) is 12.1 Å². The fraction of sp³-hybridized carbons (Fsp3) is 0.750. The van der Waals surface area contributed by atoms with Crippen LogP contribution in [0.2, 0.25) is 0 Å². The highest BCUT2D eigenvalue weighted by atomic mass is 16.4. The van der Waals surface area contributed by atoms with E-state index in [0.29, 0.717) is 25.8 Å². The van der Waals surface area contributed by atoms with Crippen LogP contribution in [-0.2, 0) is 19.2 Å². The van der Waals surface area contributed by atoms with E-state index in [-0.39, 0.29) is 18.8 Å². The number of primary amides is 1. The van der Waals surface area contributed by atoms with Crippen LogP contribution in [0.15, 0.2) is 0 Å². The molecular weight excluding hydrogens is 328 g/mol. The highest BCUT2D eigenvalue weighted by Crippen LogP contribution is 2.20. The Hall–Kier alpha value is -2.16. The molecule has 1 aliphatic heterocycles. The van der Waals surface area contributed by atoms with Gasteiger partial charge in [0.25, 0.3) is 0 Å². The summed E-state index contributed by atoms with van der Waals surface area (Å²) in [5.41, 5.74) is 10.9. The van der Waals surface area contributed by atoms with Gasteiger partial charge < -0.3 is 26.8 Å². The zero-order valence-electron chi connectivity index (χ0n) is 14.7. The van der Waals surface area contributed by atoms with Crippen LogP contribution in [-0.4, -0.2) is 58.4 Å². The van der Waals surface area contributed by atoms with Gasteiger partial charge in [-0.25, -0.2) is 4.79 Å². The van der Waals surface area contributed by atoms with Crippen molar-refractivity contribution in [2.75, 3.05) is 6.54 Å². The predicted octanol–water partition coefficient (Wildman–Crippen LogP) is -0.814. The maximum atomic E-state index is 12.5. The molecule has 0 unspecified atom stereocenters. The maximum absolute atomic E-state index is 12.5. The van der Waals surface area contributed by atoms with Gasteiger partial charge in [-0.3, -0.25) is 14.4 Å². The summed E-state index contributed by atoms with van der Waals surface area (Å²) in [6.07, 6.45) is 1.79. The lowest BCUT2D eigenvalue weighted by Gasteiger charge is -2.28. The summed E-state index contributed by atoms with van der Waals surface area (Å²) in [7, 11) is 0. The molecule has 9 heteroatoms. The standard InChI is InChI=1S/C16H28N4O5/c1-3-9(2)13(16(24)25)19-14(22)11-5-4-8-20(11)15(23)10(17)6-7-12(18)21/h9-11,13H,3-8,17H2,1-2H3,(H2,18,21)(H,19,22)(H,24,25)/t9-,10-,11-,13-/m0/s1. The van der Waals surface area contributed by atoms with Crippen molar-refractivity contribution < 1.29 is 24.3 Å². The molecule has 3 amide bonds. The van der Waals surface area contributed by atoms with E-state index < -0.39 is 41.8 Å². The molecule has 142 valence electrons. The molecule has 0 aromatic rings. The maximum Gasteiger partial charge on any atom is 0.326 e. The number of carboxylic acids is 1. The second-order valence-corrected chi connectivity index (χ2v) is 6.51. The Kier molecular flexibility index (Phi) is 7.82. The molecule has 4 atom stereocenters. The van der Waals surface area contributed by atoms with Crippen molar-refractivity contribution in [2.24, 2.45) is 17.4 Å². The van der Waals surface area contributed by atoms with E-state index in [1.807, 2.05) is 6.92 Å². The van der Waals surface area contributed by atoms with Gasteiger partial charge in [0.2, 0.25) is 17.7 Å². The molecule has 9 nitrogen and oxygen atoms in total. The Balaban J connectivity index is 2.75. The van der Waals surface area contributed by atoms with Crippen molar-refractivity contribution in [3.63, 3.8) is 0 Å². The molecule has 1 fully saturated rings. The first-order valence-electron chi connectivity index (χ1n) is 8.56. The number of carboxylic acid groups (broad SMARTS) is 1. The van der Waals surface area contributed by atoms with Crippen molar-refractivity contribution in [2.45, 2.75) is 64.1 Å². The van der Waals surface area contributed by atoms with E-state index >= 15 is 0 Å². The molecule has 0 aromatic carbocycles. The fourth-order valence-corrected chi connectivity index (χ4v) is 2.87. The summed E-state index contributed by atoms with van der Waals surface area (Å²) >= 11 is 0. The van der Waals surface area contributed by atoms with Gasteiger partial charge in [-0.1, -0.05) is 20.3 Å². The Labute approximate surface area is 147 Å². The van der Waals surface area contributed by atoms with Gasteiger partial charge in [0.15, 0.2) is 0 Å². The van der Waals surface area contributed by atoms with E-state index in [4.69, 9.17) is 11.5 Å². The third kappa shape index (κ3) is 5.70. The Bertz CT molecular complexity index is 525. The van der Waals surface area contributed by atoms with Crippen LogP contribution in [0.25, 0.3) is 0 Å². The number of nitrogens with two attached hydrogens (primary N) is 2. The molecule has 1 rings (SSSR count). The topological polar surface area (TPSA) is 156 Å². The summed E-state index contributed by atoms with van der Waals surface area (Å²) in [5, 5.41) is 11.8. The minimum Gasteiger partial charge on any atom is -0.480 e. The molecule has 25 heavy (non-hydrogen) atoms. The Morgan fingerprint density at radius 1 is 1.32 bits per heavy atom. The Morgan fingerprint density at radius 3 is 2.48 bits per heavy atom. The number of nitrogens with one attached hydrogen (secondary N) is 1. The van der Waals surface area contributed by atoms with Crippen LogP contribution >= 0.6 is 0 Å². The average Bonchev–Trinajstić information content (AvgIpc) is 3.05. The Morgan fingerprint density at radius 2 is 1.96 bits per heavy atom. The molecule has 0 spiro atoms. The van der Waals surface area contributed by atoms with Crippen LogP contribution in [0.3, 0.4) is 0 Å². The number of aliphatic carboxylic acids is 1. The SMILES string of the molecule is CC[C@H](C)[C@H](NC(=O)[C@@H]1CCCN1C(=O)[C@@H](N)CCC(N)=O)C(=O)O. The number of carbonyl (C=O) groups is 4. The minimum absolute atomic E-state index is 0.00723. The zero-order valence-corrected chi connectivity index (χ0v) is 14.7. The van der Waals surface area contributed by atoms with Crippen molar-refractivity contribution in [1.29, 1.82) is 0 Å². The third-order valence-corrected chi connectivity index (χ3v) is 4.63. The molecule has 1 aliphatic rings. The summed E-state index contributed by atoms with van der Waals surface area (Å²) in [6, 6.07) is -2.65. The van der Waals surface area contributed by atoms with Crippen molar-refractivity contribution >= 4 is 23.7 Å². The summed E-state index contributed by atoms with van der Waals surface area (Å²) in [5.74, 6) is -2.78. The first-order valence-corrected chi connectivity index (χ1v) is 8.56. The van der Waals surface area contributed by atoms with E-state index in [2.05, 4.69) is 5.32 Å². The van der Waals surface area contributed by atoms with Gasteiger partial charge in [-0.2, -0.15) is 0 Å². The van der Waals surface area contributed by atoms with Crippen LogP contribution in [0.1, 0.15) is 46.0 Å². The smallest absolute Gasteiger partial charge is 0.326 e. The molecule has 0 aromatic heterocycles. The van der Waals surface area contributed by atoms with E-state index in [0.717, 1.165) is 0 Å². The number of nitrogens with zero attached hydrogens (tertiary/aromatic N) is 1. The number of carbonyl (C=O) groups excluding carboxylic acids is 3.